The van der Waals surface area contributed by atoms with Crippen LogP contribution in [-0.2, 0) is 11.3 Å². The van der Waals surface area contributed by atoms with Gasteiger partial charge >= 0.3 is 12.1 Å². The van der Waals surface area contributed by atoms with Crippen molar-refractivity contribution in [1.82, 2.24) is 20.6 Å². The third-order valence-corrected chi connectivity index (χ3v) is 4.42. The Hall–Kier alpha value is -3.68. The molecule has 0 fully saturated rings. The molecule has 0 radical (unpaired) electrons. The SMILES string of the molecule is CCCOC(=O)NCc1ccc(-c2ccncc2)c2cc(NC(=O)NCC)ncc12. The van der Waals surface area contributed by atoms with E-state index in [1.807, 2.05) is 44.2 Å². The minimum absolute atomic E-state index is 0.306. The van der Waals surface area contributed by atoms with Gasteiger partial charge in [0.25, 0.3) is 0 Å². The maximum Gasteiger partial charge on any atom is 0.407 e. The predicted molar refractivity (Wildman–Crippen MR) is 116 cm³/mol. The zero-order chi connectivity index (χ0) is 21.3. The van der Waals surface area contributed by atoms with E-state index in [0.29, 0.717) is 25.5 Å². The molecule has 3 N–H and O–H groups in total. The second-order valence-electron chi connectivity index (χ2n) is 6.60. The van der Waals surface area contributed by atoms with E-state index in [0.717, 1.165) is 33.9 Å². The van der Waals surface area contributed by atoms with Gasteiger partial charge in [0, 0.05) is 37.1 Å². The van der Waals surface area contributed by atoms with Crippen LogP contribution in [0.2, 0.25) is 0 Å². The number of urea groups is 1. The molecule has 0 aliphatic carbocycles. The average Bonchev–Trinajstić information content (AvgIpc) is 2.76. The van der Waals surface area contributed by atoms with Crippen LogP contribution in [0.15, 0.2) is 48.9 Å². The maximum absolute atomic E-state index is 11.9. The Morgan fingerprint density at radius 2 is 1.83 bits per heavy atom. The second kappa shape index (κ2) is 10.2. The van der Waals surface area contributed by atoms with Crippen molar-refractivity contribution in [3.8, 4) is 11.1 Å². The van der Waals surface area contributed by atoms with Crippen LogP contribution in [0.25, 0.3) is 21.9 Å². The zero-order valence-electron chi connectivity index (χ0n) is 17.1. The van der Waals surface area contributed by atoms with Gasteiger partial charge in [-0.25, -0.2) is 14.6 Å². The van der Waals surface area contributed by atoms with E-state index in [2.05, 4.69) is 25.9 Å². The highest BCUT2D eigenvalue weighted by atomic mass is 16.5. The smallest absolute Gasteiger partial charge is 0.407 e. The zero-order valence-corrected chi connectivity index (χ0v) is 17.1. The molecule has 0 spiro atoms. The molecule has 2 aromatic heterocycles. The summed E-state index contributed by atoms with van der Waals surface area (Å²) in [6.07, 6.45) is 5.48. The summed E-state index contributed by atoms with van der Waals surface area (Å²) >= 11 is 0. The van der Waals surface area contributed by atoms with Gasteiger partial charge in [-0.2, -0.15) is 0 Å². The number of alkyl carbamates (subject to hydrolysis) is 1. The molecular weight excluding hydrogens is 382 g/mol. The monoisotopic (exact) mass is 407 g/mol. The number of ether oxygens (including phenoxy) is 1. The molecule has 2 heterocycles. The third-order valence-electron chi connectivity index (χ3n) is 4.42. The summed E-state index contributed by atoms with van der Waals surface area (Å²) in [5, 5.41) is 9.99. The first kappa shape index (κ1) is 21.0. The lowest BCUT2D eigenvalue weighted by Crippen LogP contribution is -2.28. The Kier molecular flexibility index (Phi) is 7.15. The number of anilines is 1. The van der Waals surface area contributed by atoms with Crippen molar-refractivity contribution in [2.75, 3.05) is 18.5 Å². The van der Waals surface area contributed by atoms with E-state index in [1.54, 1.807) is 18.6 Å². The first-order valence-electron chi connectivity index (χ1n) is 9.89. The topological polar surface area (TPSA) is 105 Å². The molecule has 156 valence electrons. The molecule has 3 rings (SSSR count). The Morgan fingerprint density at radius 1 is 1.03 bits per heavy atom. The number of rotatable bonds is 7. The number of aromatic nitrogens is 2. The van der Waals surface area contributed by atoms with Crippen molar-refractivity contribution in [2.24, 2.45) is 0 Å². The minimum atomic E-state index is -0.453. The van der Waals surface area contributed by atoms with Gasteiger partial charge < -0.3 is 15.4 Å². The number of carbonyl (C=O) groups excluding carboxylic acids is 2. The van der Waals surface area contributed by atoms with Gasteiger partial charge in [-0.15, -0.1) is 0 Å². The quantitative estimate of drug-likeness (QED) is 0.547. The molecule has 0 bridgehead atoms. The van der Waals surface area contributed by atoms with Crippen LogP contribution >= 0.6 is 0 Å². The predicted octanol–water partition coefficient (Wildman–Crippen LogP) is 4.07. The van der Waals surface area contributed by atoms with Crippen LogP contribution in [-0.4, -0.2) is 35.2 Å². The number of carbonyl (C=O) groups is 2. The van der Waals surface area contributed by atoms with Gasteiger partial charge in [0.1, 0.15) is 5.82 Å². The molecule has 30 heavy (non-hydrogen) atoms. The highest BCUT2D eigenvalue weighted by Gasteiger charge is 2.12. The number of fused-ring (bicyclic) bond motifs is 1. The molecule has 3 amide bonds. The van der Waals surface area contributed by atoms with Gasteiger partial charge in [-0.05, 0) is 53.6 Å². The van der Waals surface area contributed by atoms with Gasteiger partial charge in [-0.1, -0.05) is 19.1 Å². The molecule has 0 aliphatic rings. The fourth-order valence-corrected chi connectivity index (χ4v) is 3.04. The summed E-state index contributed by atoms with van der Waals surface area (Å²) < 4.78 is 5.08. The Bertz CT molecular complexity index is 1020. The van der Waals surface area contributed by atoms with Crippen LogP contribution < -0.4 is 16.0 Å². The third kappa shape index (κ3) is 5.22. The standard InChI is InChI=1S/C22H25N5O3/c1-3-11-30-22(29)26-13-16-5-6-17(15-7-9-23-10-8-15)18-12-20(25-14-19(16)18)27-21(28)24-4-2/h5-10,12,14H,3-4,11,13H2,1-2H3,(H,26,29)(H2,24,25,27,28). The van der Waals surface area contributed by atoms with Crippen LogP contribution in [0.5, 0.6) is 0 Å². The molecule has 0 unspecified atom stereocenters. The van der Waals surface area contributed by atoms with Gasteiger partial charge in [0.2, 0.25) is 0 Å². The fraction of sp³-hybridized carbons (Fsp3) is 0.273. The molecule has 1 aromatic carbocycles. The van der Waals surface area contributed by atoms with Crippen LogP contribution in [0.1, 0.15) is 25.8 Å². The number of nitrogens with zero attached hydrogens (tertiary/aromatic N) is 2. The molecule has 0 aliphatic heterocycles. The summed E-state index contributed by atoms with van der Waals surface area (Å²) in [4.78, 5) is 32.2. The van der Waals surface area contributed by atoms with E-state index in [9.17, 15) is 9.59 Å². The largest absolute Gasteiger partial charge is 0.450 e. The Balaban J connectivity index is 1.97. The number of amides is 3. The second-order valence-corrected chi connectivity index (χ2v) is 6.60. The molecule has 0 atom stereocenters. The summed E-state index contributed by atoms with van der Waals surface area (Å²) in [6.45, 7) is 4.99. The van der Waals surface area contributed by atoms with Gasteiger partial charge in [-0.3, -0.25) is 10.3 Å². The highest BCUT2D eigenvalue weighted by Crippen LogP contribution is 2.31. The molecular formula is C22H25N5O3. The van der Waals surface area contributed by atoms with Crippen molar-refractivity contribution in [2.45, 2.75) is 26.8 Å². The van der Waals surface area contributed by atoms with E-state index in [4.69, 9.17) is 4.74 Å². The molecule has 0 saturated carbocycles. The number of pyridine rings is 2. The summed E-state index contributed by atoms with van der Waals surface area (Å²) in [6, 6.07) is 9.31. The van der Waals surface area contributed by atoms with E-state index < -0.39 is 6.09 Å². The average molecular weight is 407 g/mol. The lowest BCUT2D eigenvalue weighted by molar-refractivity contribution is 0.146. The lowest BCUT2D eigenvalue weighted by atomic mass is 9.96. The van der Waals surface area contributed by atoms with Gasteiger partial charge in [0.15, 0.2) is 0 Å². The lowest BCUT2D eigenvalue weighted by Gasteiger charge is -2.14. The molecule has 3 aromatic rings. The first-order valence-corrected chi connectivity index (χ1v) is 9.89. The summed E-state index contributed by atoms with van der Waals surface area (Å²) in [7, 11) is 0. The number of hydrogen-bond donors (Lipinski definition) is 3. The van der Waals surface area contributed by atoms with Crippen molar-refractivity contribution in [3.05, 3.63) is 54.5 Å². The van der Waals surface area contributed by atoms with Crippen LogP contribution in [0.3, 0.4) is 0 Å². The van der Waals surface area contributed by atoms with Crippen molar-refractivity contribution < 1.29 is 14.3 Å². The van der Waals surface area contributed by atoms with Crippen LogP contribution in [0.4, 0.5) is 15.4 Å². The fourth-order valence-electron chi connectivity index (χ4n) is 3.04. The van der Waals surface area contributed by atoms with E-state index in [1.165, 1.54) is 0 Å². The Labute approximate surface area is 175 Å². The maximum atomic E-state index is 11.9. The van der Waals surface area contributed by atoms with Crippen molar-refractivity contribution >= 4 is 28.7 Å². The van der Waals surface area contributed by atoms with E-state index >= 15 is 0 Å². The molecule has 8 nitrogen and oxygen atoms in total. The number of benzene rings is 1. The molecule has 8 heteroatoms. The van der Waals surface area contributed by atoms with Crippen molar-refractivity contribution in [1.29, 1.82) is 0 Å². The summed E-state index contributed by atoms with van der Waals surface area (Å²) in [5.41, 5.74) is 2.87. The van der Waals surface area contributed by atoms with Crippen LogP contribution in [0, 0.1) is 0 Å². The first-order chi connectivity index (χ1) is 14.6. The van der Waals surface area contributed by atoms with E-state index in [-0.39, 0.29) is 6.03 Å². The van der Waals surface area contributed by atoms with Crippen molar-refractivity contribution in [3.63, 3.8) is 0 Å². The van der Waals surface area contributed by atoms with Gasteiger partial charge in [0.05, 0.1) is 6.61 Å². The number of nitrogens with one attached hydrogen (secondary N) is 3. The summed E-state index contributed by atoms with van der Waals surface area (Å²) in [5.74, 6) is 0.441. The normalized spacial score (nSPS) is 10.5. The minimum Gasteiger partial charge on any atom is -0.450 e. The molecule has 0 saturated heterocycles. The Morgan fingerprint density at radius 3 is 2.57 bits per heavy atom. The number of hydrogen-bond acceptors (Lipinski definition) is 5. The highest BCUT2D eigenvalue weighted by molar-refractivity contribution is 6.00.